The number of ketones is 1. The highest BCUT2D eigenvalue weighted by molar-refractivity contribution is 5.95. The lowest BCUT2D eigenvalue weighted by Crippen LogP contribution is -2.37. The Bertz CT molecular complexity index is 964. The van der Waals surface area contributed by atoms with Crippen LogP contribution in [0.5, 0.6) is 0 Å². The zero-order valence-electron chi connectivity index (χ0n) is 17.3. The first-order chi connectivity index (χ1) is 14.7. The number of imidazole rings is 1. The number of ether oxygens (including phenoxy) is 1. The van der Waals surface area contributed by atoms with Crippen molar-refractivity contribution < 1.29 is 9.53 Å². The minimum atomic E-state index is -0.0878. The van der Waals surface area contributed by atoms with Crippen molar-refractivity contribution in [2.45, 2.75) is 38.5 Å². The summed E-state index contributed by atoms with van der Waals surface area (Å²) in [5.74, 6) is 0.168. The van der Waals surface area contributed by atoms with Crippen LogP contribution >= 0.6 is 0 Å². The van der Waals surface area contributed by atoms with Gasteiger partial charge >= 0.3 is 0 Å². The molecule has 1 aliphatic heterocycles. The van der Waals surface area contributed by atoms with E-state index in [2.05, 4.69) is 39.1 Å². The standard InChI is InChI=1S/C24H28N4O2/c25-16-21-17-26-24(27-21)23(29)15-20-7-6-18(8-9-28-10-12-30-13-11-28)14-22(20)19-4-2-1-3-5-19/h4,6-7,14,17H,1-3,5,8-13,15H2,(H,26,27). The normalized spacial score (nSPS) is 17.4. The van der Waals surface area contributed by atoms with Gasteiger partial charge in [-0.3, -0.25) is 9.69 Å². The molecule has 0 saturated carbocycles. The Kier molecular flexibility index (Phi) is 6.73. The highest BCUT2D eigenvalue weighted by atomic mass is 16.5. The van der Waals surface area contributed by atoms with Gasteiger partial charge in [0.05, 0.1) is 19.4 Å². The number of nitrogens with zero attached hydrogens (tertiary/aromatic N) is 3. The highest BCUT2D eigenvalue weighted by Gasteiger charge is 2.18. The van der Waals surface area contributed by atoms with Gasteiger partial charge in [0, 0.05) is 26.1 Å². The Labute approximate surface area is 177 Å². The van der Waals surface area contributed by atoms with Gasteiger partial charge in [0.1, 0.15) is 11.8 Å². The van der Waals surface area contributed by atoms with Gasteiger partial charge in [0.15, 0.2) is 5.82 Å². The van der Waals surface area contributed by atoms with Crippen molar-refractivity contribution in [3.05, 3.63) is 58.7 Å². The van der Waals surface area contributed by atoms with Crippen molar-refractivity contribution in [2.24, 2.45) is 0 Å². The summed E-state index contributed by atoms with van der Waals surface area (Å²) < 4.78 is 5.44. The van der Waals surface area contributed by atoms with Gasteiger partial charge in [-0.15, -0.1) is 0 Å². The molecule has 2 heterocycles. The third-order valence-electron chi connectivity index (χ3n) is 5.94. The molecule has 2 aromatic rings. The molecule has 0 amide bonds. The molecular weight excluding hydrogens is 376 g/mol. The van der Waals surface area contributed by atoms with Crippen LogP contribution in [0.4, 0.5) is 0 Å². The van der Waals surface area contributed by atoms with Crippen LogP contribution in [-0.2, 0) is 17.6 Å². The van der Waals surface area contributed by atoms with Crippen LogP contribution in [0.3, 0.4) is 0 Å². The molecule has 1 aromatic carbocycles. The molecule has 156 valence electrons. The topological polar surface area (TPSA) is 82.0 Å². The molecule has 1 aliphatic carbocycles. The number of hydrogen-bond acceptors (Lipinski definition) is 5. The third kappa shape index (κ3) is 5.05. The van der Waals surface area contributed by atoms with E-state index in [4.69, 9.17) is 10.00 Å². The first-order valence-electron chi connectivity index (χ1n) is 10.8. The lowest BCUT2D eigenvalue weighted by molar-refractivity contribution is 0.0384. The molecule has 1 aromatic heterocycles. The fourth-order valence-electron chi connectivity index (χ4n) is 4.20. The minimum Gasteiger partial charge on any atom is -0.379 e. The molecule has 0 unspecified atom stereocenters. The molecule has 1 fully saturated rings. The van der Waals surface area contributed by atoms with Crippen molar-refractivity contribution in [2.75, 3.05) is 32.8 Å². The highest BCUT2D eigenvalue weighted by Crippen LogP contribution is 2.30. The first-order valence-corrected chi connectivity index (χ1v) is 10.8. The number of aromatic nitrogens is 2. The van der Waals surface area contributed by atoms with Crippen molar-refractivity contribution in [3.8, 4) is 6.07 Å². The fraction of sp³-hybridized carbons (Fsp3) is 0.458. The minimum absolute atomic E-state index is 0.0878. The largest absolute Gasteiger partial charge is 0.379 e. The number of allylic oxidation sites excluding steroid dienone is 2. The summed E-state index contributed by atoms with van der Waals surface area (Å²) in [6, 6.07) is 8.52. The monoisotopic (exact) mass is 404 g/mol. The predicted octanol–water partition coefficient (Wildman–Crippen LogP) is 3.54. The number of carbonyl (C=O) groups is 1. The molecule has 0 spiro atoms. The quantitative estimate of drug-likeness (QED) is 0.714. The lowest BCUT2D eigenvalue weighted by atomic mass is 9.87. The zero-order chi connectivity index (χ0) is 20.8. The number of nitrogens with one attached hydrogen (secondary N) is 1. The summed E-state index contributed by atoms with van der Waals surface area (Å²) in [5, 5.41) is 8.96. The van der Waals surface area contributed by atoms with E-state index in [1.807, 2.05) is 6.07 Å². The number of carbonyl (C=O) groups excluding carboxylic acids is 1. The van der Waals surface area contributed by atoms with E-state index in [-0.39, 0.29) is 18.0 Å². The fourth-order valence-corrected chi connectivity index (χ4v) is 4.20. The second-order valence-electron chi connectivity index (χ2n) is 8.03. The number of morpholine rings is 1. The first kappa shape index (κ1) is 20.5. The number of aromatic amines is 1. The van der Waals surface area contributed by atoms with Crippen LogP contribution in [0.25, 0.3) is 5.57 Å². The van der Waals surface area contributed by atoms with Gasteiger partial charge in [0.25, 0.3) is 0 Å². The SMILES string of the molecule is N#Cc1cnc(C(=O)Cc2ccc(CCN3CCOCC3)cc2C2=CCCCC2)[nH]1. The molecule has 1 saturated heterocycles. The number of benzene rings is 1. The van der Waals surface area contributed by atoms with E-state index < -0.39 is 0 Å². The summed E-state index contributed by atoms with van der Waals surface area (Å²) >= 11 is 0. The molecule has 1 N–H and O–H groups in total. The lowest BCUT2D eigenvalue weighted by Gasteiger charge is -2.26. The van der Waals surface area contributed by atoms with Gasteiger partial charge < -0.3 is 9.72 Å². The molecule has 6 nitrogen and oxygen atoms in total. The molecule has 0 atom stereocenters. The van der Waals surface area contributed by atoms with Crippen LogP contribution in [0.15, 0.2) is 30.5 Å². The van der Waals surface area contributed by atoms with Crippen molar-refractivity contribution >= 4 is 11.4 Å². The average molecular weight is 405 g/mol. The predicted molar refractivity (Wildman–Crippen MR) is 115 cm³/mol. The number of rotatable bonds is 7. The van der Waals surface area contributed by atoms with Crippen molar-refractivity contribution in [1.82, 2.24) is 14.9 Å². The molecule has 6 heteroatoms. The van der Waals surface area contributed by atoms with Crippen LogP contribution in [0.1, 0.15) is 58.7 Å². The molecular formula is C24H28N4O2. The zero-order valence-corrected chi connectivity index (χ0v) is 17.3. The smallest absolute Gasteiger partial charge is 0.202 e. The summed E-state index contributed by atoms with van der Waals surface area (Å²) in [4.78, 5) is 22.1. The Morgan fingerprint density at radius 1 is 1.27 bits per heavy atom. The average Bonchev–Trinajstić information content (AvgIpc) is 3.29. The maximum Gasteiger partial charge on any atom is 0.202 e. The number of nitriles is 1. The summed E-state index contributed by atoms with van der Waals surface area (Å²) in [6.45, 7) is 4.67. The van der Waals surface area contributed by atoms with Gasteiger partial charge in [0.2, 0.25) is 5.78 Å². The van der Waals surface area contributed by atoms with E-state index in [0.29, 0.717) is 5.69 Å². The van der Waals surface area contributed by atoms with Crippen LogP contribution in [0, 0.1) is 11.3 Å². The van der Waals surface area contributed by atoms with Gasteiger partial charge in [-0.25, -0.2) is 4.98 Å². The van der Waals surface area contributed by atoms with Crippen molar-refractivity contribution in [1.29, 1.82) is 5.26 Å². The van der Waals surface area contributed by atoms with Gasteiger partial charge in [-0.05, 0) is 54.4 Å². The maximum absolute atomic E-state index is 12.8. The Morgan fingerprint density at radius 3 is 2.87 bits per heavy atom. The second kappa shape index (κ2) is 9.84. The number of H-pyrrole nitrogens is 1. The van der Waals surface area contributed by atoms with E-state index in [1.54, 1.807) is 0 Å². The van der Waals surface area contributed by atoms with Crippen LogP contribution in [-0.4, -0.2) is 53.5 Å². The second-order valence-corrected chi connectivity index (χ2v) is 8.03. The van der Waals surface area contributed by atoms with E-state index in [0.717, 1.165) is 57.7 Å². The Morgan fingerprint density at radius 2 is 2.13 bits per heavy atom. The number of Topliss-reactive ketones (excluding diaryl/α,β-unsaturated/α-hetero) is 1. The van der Waals surface area contributed by atoms with Gasteiger partial charge in [-0.2, -0.15) is 5.26 Å². The van der Waals surface area contributed by atoms with E-state index >= 15 is 0 Å². The summed E-state index contributed by atoms with van der Waals surface area (Å²) in [6.07, 6.45) is 9.62. The van der Waals surface area contributed by atoms with Crippen molar-refractivity contribution in [3.63, 3.8) is 0 Å². The summed E-state index contributed by atoms with van der Waals surface area (Å²) in [5.41, 5.74) is 5.22. The molecule has 4 rings (SSSR count). The van der Waals surface area contributed by atoms with Gasteiger partial charge in [-0.1, -0.05) is 24.3 Å². The Hall–Kier alpha value is -2.75. The van der Waals surface area contributed by atoms with Crippen LogP contribution in [0.2, 0.25) is 0 Å². The number of hydrogen-bond donors (Lipinski definition) is 1. The maximum atomic E-state index is 12.8. The third-order valence-corrected chi connectivity index (χ3v) is 5.94. The molecule has 0 bridgehead atoms. The Balaban J connectivity index is 1.53. The van der Waals surface area contributed by atoms with E-state index in [9.17, 15) is 4.79 Å². The molecule has 2 aliphatic rings. The molecule has 0 radical (unpaired) electrons. The summed E-state index contributed by atoms with van der Waals surface area (Å²) in [7, 11) is 0. The molecule has 30 heavy (non-hydrogen) atoms. The van der Waals surface area contributed by atoms with E-state index in [1.165, 1.54) is 35.7 Å². The van der Waals surface area contributed by atoms with Crippen LogP contribution < -0.4 is 0 Å².